The summed E-state index contributed by atoms with van der Waals surface area (Å²) in [6.07, 6.45) is 2.75. The third kappa shape index (κ3) is 2.99. The van der Waals surface area contributed by atoms with Gasteiger partial charge < -0.3 is 9.15 Å². The van der Waals surface area contributed by atoms with E-state index in [-0.39, 0.29) is 5.82 Å². The molecule has 0 bridgehead atoms. The van der Waals surface area contributed by atoms with Crippen LogP contribution in [0.3, 0.4) is 0 Å². The van der Waals surface area contributed by atoms with Crippen molar-refractivity contribution in [3.05, 3.63) is 72.4 Å². The normalized spacial score (nSPS) is 11.0. The van der Waals surface area contributed by atoms with Gasteiger partial charge in [0.1, 0.15) is 22.7 Å². The summed E-state index contributed by atoms with van der Waals surface area (Å²) in [5.74, 6) is 1.21. The summed E-state index contributed by atoms with van der Waals surface area (Å²) < 4.78 is 24.5. The van der Waals surface area contributed by atoms with E-state index in [1.54, 1.807) is 24.3 Å². The Balaban J connectivity index is 1.52. The summed E-state index contributed by atoms with van der Waals surface area (Å²) in [6.45, 7) is 0. The van der Waals surface area contributed by atoms with Crippen molar-refractivity contribution in [3.8, 4) is 34.2 Å². The first kappa shape index (κ1) is 16.5. The number of ether oxygens (including phenoxy) is 1. The number of benzene rings is 2. The topological polar surface area (TPSA) is 73.9 Å². The third-order valence-electron chi connectivity index (χ3n) is 4.17. The summed E-state index contributed by atoms with van der Waals surface area (Å²) in [5.41, 5.74) is 2.57. The van der Waals surface area contributed by atoms with Crippen molar-refractivity contribution < 1.29 is 13.5 Å². The molecule has 8 heteroatoms. The van der Waals surface area contributed by atoms with Crippen LogP contribution in [0.25, 0.3) is 32.8 Å². The van der Waals surface area contributed by atoms with E-state index in [1.165, 1.54) is 36.2 Å². The summed E-state index contributed by atoms with van der Waals surface area (Å²) in [4.78, 5) is 9.43. The lowest BCUT2D eigenvalue weighted by Crippen LogP contribution is -1.91. The van der Waals surface area contributed by atoms with E-state index in [4.69, 9.17) is 9.15 Å². The van der Waals surface area contributed by atoms with Crippen LogP contribution < -0.4 is 4.74 Å². The highest BCUT2D eigenvalue weighted by atomic mass is 32.1. The molecule has 0 spiro atoms. The molecule has 0 saturated heterocycles. The van der Waals surface area contributed by atoms with Crippen molar-refractivity contribution in [3.63, 3.8) is 0 Å². The van der Waals surface area contributed by atoms with Crippen LogP contribution in [0.2, 0.25) is 0 Å². The molecule has 0 aliphatic heterocycles. The van der Waals surface area contributed by atoms with Crippen molar-refractivity contribution >= 4 is 21.6 Å². The molecule has 0 atom stereocenters. The first-order valence-corrected chi connectivity index (χ1v) is 9.18. The van der Waals surface area contributed by atoms with Gasteiger partial charge in [0, 0.05) is 16.5 Å². The van der Waals surface area contributed by atoms with E-state index >= 15 is 0 Å². The zero-order valence-corrected chi connectivity index (χ0v) is 15.1. The molecule has 0 fully saturated rings. The molecule has 2 aromatic carbocycles. The van der Waals surface area contributed by atoms with Crippen LogP contribution in [-0.2, 0) is 0 Å². The van der Waals surface area contributed by atoms with E-state index in [0.29, 0.717) is 17.5 Å². The molecule has 0 aliphatic carbocycles. The Bertz CT molecular complexity index is 1240. The van der Waals surface area contributed by atoms with Crippen LogP contribution >= 0.6 is 11.3 Å². The average molecular weight is 390 g/mol. The van der Waals surface area contributed by atoms with Crippen LogP contribution in [0, 0.1) is 5.82 Å². The monoisotopic (exact) mass is 390 g/mol. The minimum atomic E-state index is -0.280. The highest BCUT2D eigenvalue weighted by molar-refractivity contribution is 7.17. The highest BCUT2D eigenvalue weighted by Crippen LogP contribution is 2.39. The first-order chi connectivity index (χ1) is 13.8. The second-order valence-corrected chi connectivity index (χ2v) is 6.74. The molecule has 0 unspecified atom stereocenters. The fourth-order valence-corrected chi connectivity index (χ4v) is 3.75. The number of fused-ring (bicyclic) bond motifs is 1. The second-order valence-electron chi connectivity index (χ2n) is 5.89. The number of halogens is 1. The molecular weight excluding hydrogens is 379 g/mol. The molecule has 5 aromatic rings. The predicted octanol–water partition coefficient (Wildman–Crippen LogP) is 5.34. The summed E-state index contributed by atoms with van der Waals surface area (Å²) in [6, 6.07) is 13.6. The maximum Gasteiger partial charge on any atom is 0.247 e. The molecule has 0 N–H and O–H groups in total. The molecule has 136 valence electrons. The van der Waals surface area contributed by atoms with Crippen LogP contribution in [-0.4, -0.2) is 20.2 Å². The number of thiophene rings is 1. The van der Waals surface area contributed by atoms with Crippen LogP contribution in [0.1, 0.15) is 0 Å². The Hall–Kier alpha value is -3.65. The van der Waals surface area contributed by atoms with Gasteiger partial charge in [0.2, 0.25) is 18.2 Å². The maximum absolute atomic E-state index is 13.3. The number of aromatic nitrogens is 4. The largest absolute Gasteiger partial charge is 0.438 e. The molecule has 3 aromatic heterocycles. The Labute approximate surface area is 162 Å². The summed E-state index contributed by atoms with van der Waals surface area (Å²) in [7, 11) is 0. The van der Waals surface area contributed by atoms with E-state index in [1.807, 2.05) is 17.5 Å². The minimum absolute atomic E-state index is 0.280. The zero-order chi connectivity index (χ0) is 18.9. The van der Waals surface area contributed by atoms with Gasteiger partial charge in [-0.05, 0) is 42.0 Å². The number of nitrogens with zero attached hydrogens (tertiary/aromatic N) is 4. The van der Waals surface area contributed by atoms with Crippen LogP contribution in [0.15, 0.2) is 71.0 Å². The lowest BCUT2D eigenvalue weighted by atomic mass is 10.1. The molecule has 3 heterocycles. The lowest BCUT2D eigenvalue weighted by molar-refractivity contribution is 0.468. The van der Waals surface area contributed by atoms with Gasteiger partial charge >= 0.3 is 0 Å². The van der Waals surface area contributed by atoms with Gasteiger partial charge in [-0.3, -0.25) is 0 Å². The lowest BCUT2D eigenvalue weighted by Gasteiger charge is -2.08. The van der Waals surface area contributed by atoms with Crippen molar-refractivity contribution in [2.45, 2.75) is 0 Å². The van der Waals surface area contributed by atoms with E-state index in [0.717, 1.165) is 26.9 Å². The Kier molecular flexibility index (Phi) is 4.02. The van der Waals surface area contributed by atoms with Crippen molar-refractivity contribution in [1.82, 2.24) is 20.2 Å². The van der Waals surface area contributed by atoms with E-state index in [9.17, 15) is 4.39 Å². The SMILES string of the molecule is Fc1ccc(-c2csc3ncnc(Oc4ccc(-c5nnco5)cc4)c23)cc1. The summed E-state index contributed by atoms with van der Waals surface area (Å²) in [5, 5.41) is 10.3. The Morgan fingerprint density at radius 2 is 1.71 bits per heavy atom. The van der Waals surface area contributed by atoms with Crippen molar-refractivity contribution in [1.29, 1.82) is 0 Å². The molecule has 0 radical (unpaired) electrons. The fourth-order valence-electron chi connectivity index (χ4n) is 2.84. The molecule has 0 aliphatic rings. The van der Waals surface area contributed by atoms with Gasteiger partial charge in [-0.15, -0.1) is 21.5 Å². The Morgan fingerprint density at radius 3 is 2.46 bits per heavy atom. The maximum atomic E-state index is 13.3. The highest BCUT2D eigenvalue weighted by Gasteiger charge is 2.15. The predicted molar refractivity (Wildman–Crippen MR) is 103 cm³/mol. The number of hydrogen-bond donors (Lipinski definition) is 0. The van der Waals surface area contributed by atoms with Gasteiger partial charge in [-0.2, -0.15) is 0 Å². The first-order valence-electron chi connectivity index (χ1n) is 8.30. The van der Waals surface area contributed by atoms with Crippen LogP contribution in [0.5, 0.6) is 11.6 Å². The molecule has 0 saturated carbocycles. The second kappa shape index (κ2) is 6.82. The van der Waals surface area contributed by atoms with Gasteiger partial charge in [-0.1, -0.05) is 12.1 Å². The van der Waals surface area contributed by atoms with E-state index < -0.39 is 0 Å². The zero-order valence-electron chi connectivity index (χ0n) is 14.2. The standard InChI is InChI=1S/C20H11FN4O2S/c21-14-5-1-12(2-6-14)16-9-28-20-17(16)19(22-10-23-20)27-15-7-3-13(4-8-15)18-25-24-11-26-18/h1-11H. The minimum Gasteiger partial charge on any atom is -0.438 e. The van der Waals surface area contributed by atoms with Gasteiger partial charge in [-0.25, -0.2) is 14.4 Å². The quantitative estimate of drug-likeness (QED) is 0.412. The van der Waals surface area contributed by atoms with Gasteiger partial charge in [0.25, 0.3) is 0 Å². The molecule has 5 rings (SSSR count). The molecule has 28 heavy (non-hydrogen) atoms. The van der Waals surface area contributed by atoms with Crippen LogP contribution in [0.4, 0.5) is 4.39 Å². The fraction of sp³-hybridized carbons (Fsp3) is 0. The molecule has 0 amide bonds. The Morgan fingerprint density at radius 1 is 0.929 bits per heavy atom. The number of rotatable bonds is 4. The number of hydrogen-bond acceptors (Lipinski definition) is 7. The van der Waals surface area contributed by atoms with Gasteiger partial charge in [0.05, 0.1) is 5.39 Å². The van der Waals surface area contributed by atoms with Crippen molar-refractivity contribution in [2.24, 2.45) is 0 Å². The average Bonchev–Trinajstić information content (AvgIpc) is 3.40. The van der Waals surface area contributed by atoms with Gasteiger partial charge in [0.15, 0.2) is 0 Å². The summed E-state index contributed by atoms with van der Waals surface area (Å²) >= 11 is 1.49. The molecule has 6 nitrogen and oxygen atoms in total. The van der Waals surface area contributed by atoms with E-state index in [2.05, 4.69) is 20.2 Å². The van der Waals surface area contributed by atoms with Crippen molar-refractivity contribution in [2.75, 3.05) is 0 Å². The smallest absolute Gasteiger partial charge is 0.247 e. The molecular formula is C20H11FN4O2S. The third-order valence-corrected chi connectivity index (χ3v) is 5.05.